The molecule has 2 heterocycles. The summed E-state index contributed by atoms with van der Waals surface area (Å²) in [6.45, 7) is 2.10. The van der Waals surface area contributed by atoms with Gasteiger partial charge in [-0.25, -0.2) is 0 Å². The summed E-state index contributed by atoms with van der Waals surface area (Å²) >= 11 is 0. The van der Waals surface area contributed by atoms with Crippen LogP contribution in [-0.4, -0.2) is 39.6 Å². The predicted molar refractivity (Wildman–Crippen MR) is 86.0 cm³/mol. The number of benzene rings is 1. The molecule has 0 atom stereocenters. The van der Waals surface area contributed by atoms with Gasteiger partial charge in [0.1, 0.15) is 0 Å². The molecule has 120 valence electrons. The van der Waals surface area contributed by atoms with E-state index in [4.69, 9.17) is 0 Å². The van der Waals surface area contributed by atoms with Crippen molar-refractivity contribution in [2.24, 2.45) is 7.05 Å². The Labute approximate surface area is 135 Å². The van der Waals surface area contributed by atoms with Crippen molar-refractivity contribution in [1.29, 1.82) is 0 Å². The Morgan fingerprint density at radius 3 is 2.39 bits per heavy atom. The number of carbonyl (C=O) groups excluding carboxylic acids is 2. The van der Waals surface area contributed by atoms with Gasteiger partial charge in [-0.2, -0.15) is 5.10 Å². The van der Waals surface area contributed by atoms with E-state index in [0.29, 0.717) is 17.7 Å². The first-order valence-corrected chi connectivity index (χ1v) is 7.80. The van der Waals surface area contributed by atoms with Gasteiger partial charge in [0.05, 0.1) is 17.3 Å². The number of rotatable bonds is 7. The topological polar surface area (TPSA) is 67.2 Å². The van der Waals surface area contributed by atoms with Gasteiger partial charge in [-0.15, -0.1) is 0 Å². The van der Waals surface area contributed by atoms with Crippen LogP contribution in [0.5, 0.6) is 0 Å². The fourth-order valence-corrected chi connectivity index (χ4v) is 2.76. The molecule has 1 aliphatic heterocycles. The average Bonchev–Trinajstić information content (AvgIpc) is 3.07. The van der Waals surface area contributed by atoms with Gasteiger partial charge in [0.25, 0.3) is 11.8 Å². The first-order valence-electron chi connectivity index (χ1n) is 7.80. The zero-order valence-corrected chi connectivity index (χ0v) is 13.2. The normalized spacial score (nSPS) is 13.7. The molecule has 0 fully saturated rings. The summed E-state index contributed by atoms with van der Waals surface area (Å²) < 4.78 is 1.78. The van der Waals surface area contributed by atoms with Crippen molar-refractivity contribution in [1.82, 2.24) is 20.0 Å². The summed E-state index contributed by atoms with van der Waals surface area (Å²) in [5.41, 5.74) is 2.19. The first kappa shape index (κ1) is 15.4. The Balaban J connectivity index is 1.40. The lowest BCUT2D eigenvalue weighted by molar-refractivity contribution is 0.0651. The number of nitrogens with zero attached hydrogens (tertiary/aromatic N) is 3. The molecule has 0 spiro atoms. The van der Waals surface area contributed by atoms with Crippen molar-refractivity contribution >= 4 is 11.8 Å². The Kier molecular flexibility index (Phi) is 4.52. The maximum Gasteiger partial charge on any atom is 0.261 e. The Morgan fingerprint density at radius 2 is 1.78 bits per heavy atom. The van der Waals surface area contributed by atoms with Crippen molar-refractivity contribution in [3.8, 4) is 0 Å². The van der Waals surface area contributed by atoms with E-state index in [0.717, 1.165) is 31.5 Å². The number of aromatic nitrogens is 2. The second-order valence-corrected chi connectivity index (χ2v) is 5.71. The molecular formula is C17H20N4O2. The summed E-state index contributed by atoms with van der Waals surface area (Å²) in [5, 5.41) is 7.45. The third-order valence-electron chi connectivity index (χ3n) is 3.95. The molecule has 1 N–H and O–H groups in total. The summed E-state index contributed by atoms with van der Waals surface area (Å²) in [6.07, 6.45) is 5.52. The molecule has 23 heavy (non-hydrogen) atoms. The quantitative estimate of drug-likeness (QED) is 0.623. The fourth-order valence-electron chi connectivity index (χ4n) is 2.76. The lowest BCUT2D eigenvalue weighted by atomic mass is 10.1. The highest BCUT2D eigenvalue weighted by molar-refractivity contribution is 6.21. The van der Waals surface area contributed by atoms with Crippen LogP contribution in [0.25, 0.3) is 0 Å². The van der Waals surface area contributed by atoms with Crippen molar-refractivity contribution in [2.45, 2.75) is 19.4 Å². The summed E-state index contributed by atoms with van der Waals surface area (Å²) in [4.78, 5) is 25.7. The lowest BCUT2D eigenvalue weighted by Gasteiger charge is -2.13. The molecule has 1 aliphatic rings. The Bertz CT molecular complexity index is 688. The lowest BCUT2D eigenvalue weighted by Crippen LogP contribution is -2.31. The van der Waals surface area contributed by atoms with Gasteiger partial charge in [-0.3, -0.25) is 19.2 Å². The van der Waals surface area contributed by atoms with E-state index in [1.807, 2.05) is 19.4 Å². The molecule has 6 heteroatoms. The monoisotopic (exact) mass is 312 g/mol. The minimum atomic E-state index is -0.172. The van der Waals surface area contributed by atoms with Gasteiger partial charge in [-0.1, -0.05) is 12.1 Å². The number of amides is 2. The maximum atomic E-state index is 12.2. The van der Waals surface area contributed by atoms with Gasteiger partial charge in [0, 0.05) is 31.9 Å². The SMILES string of the molecule is Cn1cc(CNCCCCN2C(=O)c3ccccc3C2=O)cn1. The van der Waals surface area contributed by atoms with Gasteiger partial charge in [-0.05, 0) is 31.5 Å². The van der Waals surface area contributed by atoms with Crippen LogP contribution in [0.3, 0.4) is 0 Å². The number of fused-ring (bicyclic) bond motifs is 1. The van der Waals surface area contributed by atoms with Crippen molar-refractivity contribution in [3.05, 3.63) is 53.3 Å². The van der Waals surface area contributed by atoms with Crippen molar-refractivity contribution in [3.63, 3.8) is 0 Å². The van der Waals surface area contributed by atoms with Crippen LogP contribution >= 0.6 is 0 Å². The van der Waals surface area contributed by atoms with Crippen LogP contribution in [0, 0.1) is 0 Å². The molecule has 1 aromatic carbocycles. The van der Waals surface area contributed by atoms with Gasteiger partial charge >= 0.3 is 0 Å². The first-order chi connectivity index (χ1) is 11.2. The van der Waals surface area contributed by atoms with Crippen LogP contribution in [-0.2, 0) is 13.6 Å². The number of hydrogen-bond donors (Lipinski definition) is 1. The number of carbonyl (C=O) groups is 2. The van der Waals surface area contributed by atoms with E-state index in [1.54, 1.807) is 28.9 Å². The molecule has 0 bridgehead atoms. The predicted octanol–water partition coefficient (Wildman–Crippen LogP) is 1.59. The smallest absolute Gasteiger partial charge is 0.261 e. The molecule has 2 aromatic rings. The number of aryl methyl sites for hydroxylation is 1. The number of imide groups is 1. The molecule has 3 rings (SSSR count). The Morgan fingerprint density at radius 1 is 1.09 bits per heavy atom. The van der Waals surface area contributed by atoms with Crippen LogP contribution in [0.1, 0.15) is 39.1 Å². The van der Waals surface area contributed by atoms with Gasteiger partial charge < -0.3 is 5.32 Å². The van der Waals surface area contributed by atoms with Crippen LogP contribution < -0.4 is 5.32 Å². The largest absolute Gasteiger partial charge is 0.313 e. The summed E-state index contributed by atoms with van der Waals surface area (Å²) in [7, 11) is 1.89. The standard InChI is InChI=1S/C17H20N4O2/c1-20-12-13(11-19-20)10-18-8-4-5-9-21-16(22)14-6-2-3-7-15(14)17(21)23/h2-3,6-7,11-12,18H,4-5,8-10H2,1H3. The molecular weight excluding hydrogens is 292 g/mol. The fraction of sp³-hybridized carbons (Fsp3) is 0.353. The van der Waals surface area contributed by atoms with Crippen molar-refractivity contribution < 1.29 is 9.59 Å². The summed E-state index contributed by atoms with van der Waals surface area (Å²) in [5.74, 6) is -0.345. The van der Waals surface area contributed by atoms with Crippen LogP contribution in [0.15, 0.2) is 36.7 Å². The average molecular weight is 312 g/mol. The van der Waals surface area contributed by atoms with E-state index in [-0.39, 0.29) is 11.8 Å². The zero-order chi connectivity index (χ0) is 16.2. The molecule has 0 unspecified atom stereocenters. The Hall–Kier alpha value is -2.47. The maximum absolute atomic E-state index is 12.2. The molecule has 0 aliphatic carbocycles. The second-order valence-electron chi connectivity index (χ2n) is 5.71. The van der Waals surface area contributed by atoms with Crippen LogP contribution in [0.2, 0.25) is 0 Å². The number of hydrogen-bond acceptors (Lipinski definition) is 4. The molecule has 0 saturated heterocycles. The van der Waals surface area contributed by atoms with E-state index in [1.165, 1.54) is 4.90 Å². The highest BCUT2D eigenvalue weighted by Gasteiger charge is 2.34. The molecule has 0 saturated carbocycles. The minimum Gasteiger partial charge on any atom is -0.313 e. The van der Waals surface area contributed by atoms with E-state index in [9.17, 15) is 9.59 Å². The van der Waals surface area contributed by atoms with Crippen molar-refractivity contribution in [2.75, 3.05) is 13.1 Å². The molecule has 1 aromatic heterocycles. The highest BCUT2D eigenvalue weighted by atomic mass is 16.2. The number of nitrogens with one attached hydrogen (secondary N) is 1. The minimum absolute atomic E-state index is 0.172. The van der Waals surface area contributed by atoms with Gasteiger partial charge in [0.2, 0.25) is 0 Å². The van der Waals surface area contributed by atoms with E-state index < -0.39 is 0 Å². The zero-order valence-electron chi connectivity index (χ0n) is 13.2. The number of unbranched alkanes of at least 4 members (excludes halogenated alkanes) is 1. The third kappa shape index (κ3) is 3.32. The second kappa shape index (κ2) is 6.75. The highest BCUT2D eigenvalue weighted by Crippen LogP contribution is 2.22. The molecule has 2 amide bonds. The molecule has 0 radical (unpaired) electrons. The van der Waals surface area contributed by atoms with Crippen LogP contribution in [0.4, 0.5) is 0 Å². The van der Waals surface area contributed by atoms with E-state index >= 15 is 0 Å². The van der Waals surface area contributed by atoms with Gasteiger partial charge in [0.15, 0.2) is 0 Å². The van der Waals surface area contributed by atoms with E-state index in [2.05, 4.69) is 10.4 Å². The third-order valence-corrected chi connectivity index (χ3v) is 3.95. The molecule has 6 nitrogen and oxygen atoms in total. The summed E-state index contributed by atoms with van der Waals surface area (Å²) in [6, 6.07) is 7.00.